The first-order valence-electron chi connectivity index (χ1n) is 12.5. The first-order chi connectivity index (χ1) is 17.7. The summed E-state index contributed by atoms with van der Waals surface area (Å²) in [7, 11) is 0. The van der Waals surface area contributed by atoms with Gasteiger partial charge in [0.1, 0.15) is 18.0 Å². The fourth-order valence-corrected chi connectivity index (χ4v) is 5.20. The van der Waals surface area contributed by atoms with Gasteiger partial charge >= 0.3 is 11.7 Å². The largest absolute Gasteiger partial charge is 0.354 e. The summed E-state index contributed by atoms with van der Waals surface area (Å²) < 4.78 is 14.4. The SMILES string of the molecule is C[C@](N)(CF)C(=O)N1CCN(C(=O)Nc2ccn(-c3ccc(CN4C[C@@H]5C(N)[C@@H]5C4)cc3)c(=O)n2)CC1. The van der Waals surface area contributed by atoms with Crippen LogP contribution in [0.2, 0.25) is 0 Å². The summed E-state index contributed by atoms with van der Waals surface area (Å²) in [6, 6.07) is 9.29. The number of alkyl halides is 1. The Morgan fingerprint density at radius 2 is 1.70 bits per heavy atom. The number of carbonyl (C=O) groups excluding carboxylic acids is 2. The average molecular weight is 513 g/mol. The van der Waals surface area contributed by atoms with Crippen LogP contribution in [0.25, 0.3) is 5.69 Å². The van der Waals surface area contributed by atoms with Gasteiger partial charge in [0.05, 0.1) is 5.69 Å². The zero-order valence-corrected chi connectivity index (χ0v) is 20.8. The van der Waals surface area contributed by atoms with E-state index in [1.807, 2.05) is 24.3 Å². The number of urea groups is 1. The van der Waals surface area contributed by atoms with Gasteiger partial charge in [-0.1, -0.05) is 12.1 Å². The van der Waals surface area contributed by atoms with Gasteiger partial charge in [0.15, 0.2) is 0 Å². The molecule has 3 aliphatic rings. The molecule has 0 bridgehead atoms. The van der Waals surface area contributed by atoms with Crippen LogP contribution in [-0.2, 0) is 11.3 Å². The highest BCUT2D eigenvalue weighted by atomic mass is 19.1. The molecule has 0 spiro atoms. The van der Waals surface area contributed by atoms with Gasteiger partial charge in [-0.05, 0) is 42.5 Å². The molecule has 2 aromatic rings. The zero-order valence-electron chi connectivity index (χ0n) is 20.8. The number of carbonyl (C=O) groups is 2. The third kappa shape index (κ3) is 5.22. The normalized spacial score (nSPS) is 24.9. The number of hydrogen-bond acceptors (Lipinski definition) is 7. The van der Waals surface area contributed by atoms with E-state index in [0.29, 0.717) is 23.6 Å². The number of nitrogens with zero attached hydrogens (tertiary/aromatic N) is 5. The number of halogens is 1. The summed E-state index contributed by atoms with van der Waals surface area (Å²) in [6.45, 7) is 4.36. The minimum atomic E-state index is -1.57. The monoisotopic (exact) mass is 512 g/mol. The number of piperazine rings is 1. The van der Waals surface area contributed by atoms with E-state index in [0.717, 1.165) is 19.6 Å². The van der Waals surface area contributed by atoms with E-state index in [1.165, 1.54) is 26.9 Å². The van der Waals surface area contributed by atoms with Gasteiger partial charge in [0, 0.05) is 58.1 Å². The molecule has 12 heteroatoms. The molecular formula is C25H33FN8O3. The van der Waals surface area contributed by atoms with E-state index in [4.69, 9.17) is 11.5 Å². The number of benzene rings is 1. The fraction of sp³-hybridized carbons (Fsp3) is 0.520. The summed E-state index contributed by atoms with van der Waals surface area (Å²) in [5, 5.41) is 2.64. The molecule has 198 valence electrons. The van der Waals surface area contributed by atoms with Crippen LogP contribution in [0.1, 0.15) is 12.5 Å². The molecule has 3 fully saturated rings. The molecule has 3 amide bonds. The van der Waals surface area contributed by atoms with Crippen molar-refractivity contribution in [2.24, 2.45) is 23.3 Å². The van der Waals surface area contributed by atoms with Gasteiger partial charge in [0.25, 0.3) is 0 Å². The number of fused-ring (bicyclic) bond motifs is 1. The molecule has 11 nitrogen and oxygen atoms in total. The van der Waals surface area contributed by atoms with Crippen molar-refractivity contribution in [3.05, 3.63) is 52.6 Å². The van der Waals surface area contributed by atoms with Crippen molar-refractivity contribution >= 4 is 17.8 Å². The molecule has 1 unspecified atom stereocenters. The third-order valence-corrected chi connectivity index (χ3v) is 7.62. The van der Waals surface area contributed by atoms with Gasteiger partial charge in [-0.3, -0.25) is 19.6 Å². The Labute approximate surface area is 214 Å². The Bertz CT molecular complexity index is 1210. The number of amides is 3. The second-order valence-corrected chi connectivity index (χ2v) is 10.5. The number of nitrogens with one attached hydrogen (secondary N) is 1. The maximum Gasteiger partial charge on any atom is 0.354 e. The highest BCUT2D eigenvalue weighted by Crippen LogP contribution is 2.44. The van der Waals surface area contributed by atoms with Crippen LogP contribution in [0.3, 0.4) is 0 Å². The highest BCUT2D eigenvalue weighted by Gasteiger charge is 2.53. The number of rotatable bonds is 6. The molecule has 2 aliphatic heterocycles. The number of piperidine rings is 1. The molecule has 1 aromatic carbocycles. The zero-order chi connectivity index (χ0) is 26.3. The first-order valence-corrected chi connectivity index (χ1v) is 12.5. The van der Waals surface area contributed by atoms with Crippen LogP contribution in [0.5, 0.6) is 0 Å². The second-order valence-electron chi connectivity index (χ2n) is 10.5. The lowest BCUT2D eigenvalue weighted by Gasteiger charge is -2.37. The number of aromatic nitrogens is 2. The van der Waals surface area contributed by atoms with Crippen molar-refractivity contribution < 1.29 is 14.0 Å². The Kier molecular flexibility index (Phi) is 6.73. The lowest BCUT2D eigenvalue weighted by molar-refractivity contribution is -0.138. The Balaban J connectivity index is 1.14. The van der Waals surface area contributed by atoms with Crippen LogP contribution < -0.4 is 22.5 Å². The molecule has 37 heavy (non-hydrogen) atoms. The van der Waals surface area contributed by atoms with Crippen LogP contribution in [0.4, 0.5) is 15.0 Å². The fourth-order valence-electron chi connectivity index (χ4n) is 5.20. The summed E-state index contributed by atoms with van der Waals surface area (Å²) in [6.07, 6.45) is 1.57. The smallest absolute Gasteiger partial charge is 0.337 e. The number of nitrogens with two attached hydrogens (primary N) is 2. The molecule has 4 atom stereocenters. The molecule has 5 N–H and O–H groups in total. The number of anilines is 1. The van der Waals surface area contributed by atoms with E-state index in [1.54, 1.807) is 12.3 Å². The van der Waals surface area contributed by atoms with Crippen LogP contribution >= 0.6 is 0 Å². The lowest BCUT2D eigenvalue weighted by Crippen LogP contribution is -2.60. The van der Waals surface area contributed by atoms with E-state index in [2.05, 4.69) is 15.2 Å². The van der Waals surface area contributed by atoms with Gasteiger partial charge in [-0.25, -0.2) is 14.0 Å². The standard InChI is InChI=1S/C25H33FN8O3/c1-25(28,15-26)22(35)32-8-10-33(11-9-32)23(36)29-20-6-7-34(24(37)30-20)17-4-2-16(3-5-17)12-31-13-18-19(14-31)21(18)27/h2-7,18-19,21H,8-15,27-28H2,1H3,(H,29,30,36,37)/t18-,19+,21?,25-/m0/s1. The molecule has 1 saturated carbocycles. The maximum absolute atomic E-state index is 13.0. The van der Waals surface area contributed by atoms with Crippen LogP contribution in [0, 0.1) is 11.8 Å². The van der Waals surface area contributed by atoms with Gasteiger partial charge in [-0.15, -0.1) is 0 Å². The van der Waals surface area contributed by atoms with Gasteiger partial charge < -0.3 is 21.3 Å². The first kappa shape index (κ1) is 25.3. The van der Waals surface area contributed by atoms with Crippen molar-refractivity contribution in [1.82, 2.24) is 24.3 Å². The van der Waals surface area contributed by atoms with Crippen molar-refractivity contribution in [3.8, 4) is 5.69 Å². The average Bonchev–Trinajstić information content (AvgIpc) is 3.28. The van der Waals surface area contributed by atoms with Crippen LogP contribution in [0.15, 0.2) is 41.3 Å². The quantitative estimate of drug-likeness (QED) is 0.494. The van der Waals surface area contributed by atoms with Crippen LogP contribution in [-0.4, -0.2) is 93.7 Å². The molecular weight excluding hydrogens is 479 g/mol. The minimum absolute atomic E-state index is 0.138. The molecule has 1 aromatic heterocycles. The third-order valence-electron chi connectivity index (χ3n) is 7.62. The van der Waals surface area contributed by atoms with E-state index >= 15 is 0 Å². The van der Waals surface area contributed by atoms with Gasteiger partial charge in [-0.2, -0.15) is 4.98 Å². The van der Waals surface area contributed by atoms with Gasteiger partial charge in [0.2, 0.25) is 5.91 Å². The predicted octanol–water partition coefficient (Wildman–Crippen LogP) is -0.0156. The Morgan fingerprint density at radius 3 is 2.30 bits per heavy atom. The predicted molar refractivity (Wildman–Crippen MR) is 136 cm³/mol. The number of hydrogen-bond donors (Lipinski definition) is 3. The molecule has 2 saturated heterocycles. The van der Waals surface area contributed by atoms with Crippen molar-refractivity contribution in [1.29, 1.82) is 0 Å². The maximum atomic E-state index is 13.0. The summed E-state index contributed by atoms with van der Waals surface area (Å²) in [5.41, 5.74) is 11.5. The second kappa shape index (κ2) is 9.84. The van der Waals surface area contributed by atoms with Crippen molar-refractivity contribution in [2.75, 3.05) is 51.3 Å². The Morgan fingerprint density at radius 1 is 1.08 bits per heavy atom. The highest BCUT2D eigenvalue weighted by molar-refractivity contribution is 5.89. The molecule has 1 aliphatic carbocycles. The van der Waals surface area contributed by atoms with Crippen molar-refractivity contribution in [3.63, 3.8) is 0 Å². The molecule has 0 radical (unpaired) electrons. The van der Waals surface area contributed by atoms with E-state index < -0.39 is 29.8 Å². The Hall–Kier alpha value is -3.35. The van der Waals surface area contributed by atoms with Crippen molar-refractivity contribution in [2.45, 2.75) is 25.0 Å². The molecule has 5 rings (SSSR count). The summed E-state index contributed by atoms with van der Waals surface area (Å²) >= 11 is 0. The molecule has 3 heterocycles. The summed E-state index contributed by atoms with van der Waals surface area (Å²) in [5.74, 6) is 0.947. The summed E-state index contributed by atoms with van der Waals surface area (Å²) in [4.78, 5) is 47.0. The van der Waals surface area contributed by atoms with E-state index in [9.17, 15) is 18.8 Å². The minimum Gasteiger partial charge on any atom is -0.337 e. The number of likely N-dealkylation sites (tertiary alicyclic amines) is 1. The topological polar surface area (TPSA) is 143 Å². The van der Waals surface area contributed by atoms with E-state index in [-0.39, 0.29) is 32.0 Å². The lowest BCUT2D eigenvalue weighted by atomic mass is 10.0.